The van der Waals surface area contributed by atoms with Crippen molar-refractivity contribution in [3.05, 3.63) is 81.2 Å². The SMILES string of the molecule is Cc1ccc(C)c(COC(=O)c2cc3ccccc3oc2=O)c1. The van der Waals surface area contributed by atoms with Crippen LogP contribution in [0.2, 0.25) is 0 Å². The molecule has 0 unspecified atom stereocenters. The minimum Gasteiger partial charge on any atom is -0.457 e. The number of benzene rings is 2. The lowest BCUT2D eigenvalue weighted by Crippen LogP contribution is -2.16. The Morgan fingerprint density at radius 3 is 2.70 bits per heavy atom. The van der Waals surface area contributed by atoms with Crippen molar-refractivity contribution >= 4 is 16.9 Å². The van der Waals surface area contributed by atoms with E-state index in [1.165, 1.54) is 6.07 Å². The Bertz CT molecular complexity index is 937. The summed E-state index contributed by atoms with van der Waals surface area (Å²) in [6.07, 6.45) is 0. The molecular formula is C19H16O4. The predicted molar refractivity (Wildman–Crippen MR) is 87.5 cm³/mol. The third-order valence-corrected chi connectivity index (χ3v) is 3.72. The van der Waals surface area contributed by atoms with Crippen molar-refractivity contribution in [2.75, 3.05) is 0 Å². The summed E-state index contributed by atoms with van der Waals surface area (Å²) in [5.41, 5.74) is 2.72. The molecular weight excluding hydrogens is 292 g/mol. The first-order valence-electron chi connectivity index (χ1n) is 7.31. The van der Waals surface area contributed by atoms with Gasteiger partial charge in [0, 0.05) is 5.39 Å². The zero-order valence-electron chi connectivity index (χ0n) is 13.0. The molecule has 1 heterocycles. The van der Waals surface area contributed by atoms with Gasteiger partial charge in [-0.25, -0.2) is 9.59 Å². The largest absolute Gasteiger partial charge is 0.457 e. The van der Waals surface area contributed by atoms with E-state index in [0.29, 0.717) is 11.0 Å². The number of rotatable bonds is 3. The van der Waals surface area contributed by atoms with Gasteiger partial charge in [-0.1, -0.05) is 42.0 Å². The molecule has 0 saturated heterocycles. The van der Waals surface area contributed by atoms with Crippen LogP contribution in [0, 0.1) is 13.8 Å². The maximum absolute atomic E-state index is 12.2. The summed E-state index contributed by atoms with van der Waals surface area (Å²) in [6, 6.07) is 14.5. The molecule has 0 fully saturated rings. The van der Waals surface area contributed by atoms with Crippen molar-refractivity contribution in [1.29, 1.82) is 0 Å². The second-order valence-electron chi connectivity index (χ2n) is 5.49. The summed E-state index contributed by atoms with van der Waals surface area (Å²) in [6.45, 7) is 4.05. The number of aryl methyl sites for hydroxylation is 2. The van der Waals surface area contributed by atoms with Crippen LogP contribution in [0.4, 0.5) is 0 Å². The van der Waals surface area contributed by atoms with Gasteiger partial charge in [0.25, 0.3) is 0 Å². The van der Waals surface area contributed by atoms with Crippen molar-refractivity contribution in [2.45, 2.75) is 20.5 Å². The molecule has 0 aliphatic carbocycles. The zero-order chi connectivity index (χ0) is 16.4. The van der Waals surface area contributed by atoms with Crippen molar-refractivity contribution in [1.82, 2.24) is 0 Å². The van der Waals surface area contributed by atoms with Crippen molar-refractivity contribution in [2.24, 2.45) is 0 Å². The van der Waals surface area contributed by atoms with E-state index in [-0.39, 0.29) is 12.2 Å². The van der Waals surface area contributed by atoms with E-state index in [2.05, 4.69) is 0 Å². The number of esters is 1. The molecule has 4 heteroatoms. The molecule has 3 aromatic rings. The summed E-state index contributed by atoms with van der Waals surface area (Å²) < 4.78 is 10.4. The molecule has 0 atom stereocenters. The maximum Gasteiger partial charge on any atom is 0.351 e. The second-order valence-corrected chi connectivity index (χ2v) is 5.49. The van der Waals surface area contributed by atoms with Crippen molar-refractivity contribution < 1.29 is 13.9 Å². The number of fused-ring (bicyclic) bond motifs is 1. The van der Waals surface area contributed by atoms with Crippen LogP contribution in [0.3, 0.4) is 0 Å². The lowest BCUT2D eigenvalue weighted by molar-refractivity contribution is 0.0467. The first-order valence-corrected chi connectivity index (χ1v) is 7.31. The summed E-state index contributed by atoms with van der Waals surface area (Å²) in [4.78, 5) is 24.1. The van der Waals surface area contributed by atoms with Gasteiger partial charge in [-0.05, 0) is 37.1 Å². The highest BCUT2D eigenvalue weighted by molar-refractivity contribution is 5.92. The van der Waals surface area contributed by atoms with E-state index in [9.17, 15) is 9.59 Å². The molecule has 0 aliphatic rings. The Balaban J connectivity index is 1.85. The van der Waals surface area contributed by atoms with E-state index in [1.807, 2.05) is 38.1 Å². The van der Waals surface area contributed by atoms with Gasteiger partial charge in [0.1, 0.15) is 17.8 Å². The molecule has 1 aromatic heterocycles. The van der Waals surface area contributed by atoms with Gasteiger partial charge in [-0.15, -0.1) is 0 Å². The molecule has 0 saturated carbocycles. The highest BCUT2D eigenvalue weighted by Gasteiger charge is 2.15. The van der Waals surface area contributed by atoms with Crippen LogP contribution < -0.4 is 5.63 Å². The average molecular weight is 308 g/mol. The Labute approximate surface area is 133 Å². The molecule has 4 nitrogen and oxygen atoms in total. The number of hydrogen-bond acceptors (Lipinski definition) is 4. The maximum atomic E-state index is 12.2. The smallest absolute Gasteiger partial charge is 0.351 e. The summed E-state index contributed by atoms with van der Waals surface area (Å²) >= 11 is 0. The normalized spacial score (nSPS) is 10.7. The first-order chi connectivity index (χ1) is 11.0. The van der Waals surface area contributed by atoms with Crippen LogP contribution in [0.1, 0.15) is 27.0 Å². The number of carbonyl (C=O) groups excluding carboxylic acids is 1. The Hall–Kier alpha value is -2.88. The van der Waals surface area contributed by atoms with Crippen LogP contribution in [0.5, 0.6) is 0 Å². The molecule has 23 heavy (non-hydrogen) atoms. The molecule has 3 rings (SSSR count). The van der Waals surface area contributed by atoms with Gasteiger partial charge in [-0.3, -0.25) is 0 Å². The number of ether oxygens (including phenoxy) is 1. The fraction of sp³-hybridized carbons (Fsp3) is 0.158. The zero-order valence-corrected chi connectivity index (χ0v) is 13.0. The minimum atomic E-state index is -0.685. The minimum absolute atomic E-state index is 0.0889. The fourth-order valence-electron chi connectivity index (χ4n) is 2.38. The highest BCUT2D eigenvalue weighted by atomic mass is 16.5. The third kappa shape index (κ3) is 3.16. The number of para-hydroxylation sites is 1. The first kappa shape index (κ1) is 15.0. The third-order valence-electron chi connectivity index (χ3n) is 3.72. The van der Waals surface area contributed by atoms with Crippen LogP contribution in [-0.2, 0) is 11.3 Å². The monoisotopic (exact) mass is 308 g/mol. The van der Waals surface area contributed by atoms with E-state index in [1.54, 1.807) is 18.2 Å². The molecule has 0 amide bonds. The predicted octanol–water partition coefficient (Wildman–Crippen LogP) is 3.77. The standard InChI is InChI=1S/C19H16O4/c1-12-7-8-13(2)15(9-12)11-22-18(20)16-10-14-5-3-4-6-17(14)23-19(16)21/h3-10H,11H2,1-2H3. The number of carbonyl (C=O) groups is 1. The van der Waals surface area contributed by atoms with E-state index >= 15 is 0 Å². The molecule has 116 valence electrons. The fourth-order valence-corrected chi connectivity index (χ4v) is 2.38. The lowest BCUT2D eigenvalue weighted by atomic mass is 10.1. The van der Waals surface area contributed by atoms with Gasteiger partial charge in [0.05, 0.1) is 0 Å². The van der Waals surface area contributed by atoms with Crippen LogP contribution in [-0.4, -0.2) is 5.97 Å². The van der Waals surface area contributed by atoms with Gasteiger partial charge in [0.15, 0.2) is 0 Å². The van der Waals surface area contributed by atoms with Gasteiger partial charge < -0.3 is 9.15 Å². The quantitative estimate of drug-likeness (QED) is 0.546. The highest BCUT2D eigenvalue weighted by Crippen LogP contribution is 2.15. The average Bonchev–Trinajstić information content (AvgIpc) is 2.54. The molecule has 2 aromatic carbocycles. The molecule has 0 aliphatic heterocycles. The van der Waals surface area contributed by atoms with Gasteiger partial charge in [0.2, 0.25) is 0 Å². The molecule has 0 radical (unpaired) electrons. The molecule has 0 spiro atoms. The van der Waals surface area contributed by atoms with Crippen LogP contribution in [0.15, 0.2) is 57.7 Å². The van der Waals surface area contributed by atoms with Gasteiger partial charge in [-0.2, -0.15) is 0 Å². The van der Waals surface area contributed by atoms with Crippen LogP contribution >= 0.6 is 0 Å². The van der Waals surface area contributed by atoms with E-state index < -0.39 is 11.6 Å². The van der Waals surface area contributed by atoms with E-state index in [0.717, 1.165) is 16.7 Å². The van der Waals surface area contributed by atoms with E-state index in [4.69, 9.17) is 9.15 Å². The Kier molecular flexibility index (Phi) is 3.98. The Morgan fingerprint density at radius 2 is 1.87 bits per heavy atom. The summed E-state index contributed by atoms with van der Waals surface area (Å²) in [7, 11) is 0. The topological polar surface area (TPSA) is 56.5 Å². The second kappa shape index (κ2) is 6.08. The summed E-state index contributed by atoms with van der Waals surface area (Å²) in [5, 5.41) is 0.686. The van der Waals surface area contributed by atoms with Crippen LogP contribution in [0.25, 0.3) is 11.0 Å². The van der Waals surface area contributed by atoms with Crippen molar-refractivity contribution in [3.63, 3.8) is 0 Å². The summed E-state index contributed by atoms with van der Waals surface area (Å²) in [5.74, 6) is -0.676. The van der Waals surface area contributed by atoms with Gasteiger partial charge >= 0.3 is 11.6 Å². The lowest BCUT2D eigenvalue weighted by Gasteiger charge is -2.08. The molecule has 0 bridgehead atoms. The number of hydrogen-bond donors (Lipinski definition) is 0. The molecule has 0 N–H and O–H groups in total. The Morgan fingerprint density at radius 1 is 1.09 bits per heavy atom. The van der Waals surface area contributed by atoms with Crippen molar-refractivity contribution in [3.8, 4) is 0 Å².